The zero-order chi connectivity index (χ0) is 14.1. The lowest BCUT2D eigenvalue weighted by Gasteiger charge is -2.05. The third-order valence-electron chi connectivity index (χ3n) is 3.07. The van der Waals surface area contributed by atoms with Crippen molar-refractivity contribution in [3.63, 3.8) is 0 Å². The predicted molar refractivity (Wildman–Crippen MR) is 81.9 cm³/mol. The van der Waals surface area contributed by atoms with Crippen molar-refractivity contribution in [3.05, 3.63) is 68.9 Å². The lowest BCUT2D eigenvalue weighted by atomic mass is 10.1. The number of halogens is 1. The third kappa shape index (κ3) is 2.40. The van der Waals surface area contributed by atoms with Crippen LogP contribution in [0.4, 0.5) is 0 Å². The number of aromatic nitrogens is 1. The molecule has 5 heteroatoms. The highest BCUT2D eigenvalue weighted by molar-refractivity contribution is 7.17. The summed E-state index contributed by atoms with van der Waals surface area (Å²) in [5.74, 6) is -0.113. The summed E-state index contributed by atoms with van der Waals surface area (Å²) in [7, 11) is 0. The highest BCUT2D eigenvalue weighted by atomic mass is 35.5. The maximum Gasteiger partial charge on any atom is 0.259 e. The number of fused-ring (bicyclic) bond motifs is 1. The molecule has 0 aliphatic rings. The summed E-state index contributed by atoms with van der Waals surface area (Å²) in [6, 6.07) is 10.3. The van der Waals surface area contributed by atoms with Gasteiger partial charge in [0.2, 0.25) is 0 Å². The zero-order valence-corrected chi connectivity index (χ0v) is 11.9. The van der Waals surface area contributed by atoms with E-state index in [1.807, 2.05) is 11.4 Å². The number of ketones is 1. The second-order valence-corrected chi connectivity index (χ2v) is 5.76. The Morgan fingerprint density at radius 1 is 1.15 bits per heavy atom. The lowest BCUT2D eigenvalue weighted by molar-refractivity contribution is 0.0971. The maximum absolute atomic E-state index is 12.2. The quantitative estimate of drug-likeness (QED) is 0.694. The molecule has 2 heterocycles. The standard InChI is InChI=1S/C15H10ClNO2S/c16-11-3-1-10(2-4-11)13(18)9-17-7-5-14-12(15(17)19)6-8-20-14/h1-8H,9H2. The van der Waals surface area contributed by atoms with E-state index in [-0.39, 0.29) is 17.9 Å². The normalized spacial score (nSPS) is 10.8. The van der Waals surface area contributed by atoms with Gasteiger partial charge in [0.25, 0.3) is 5.56 Å². The van der Waals surface area contributed by atoms with Gasteiger partial charge in [0.05, 0.1) is 11.9 Å². The summed E-state index contributed by atoms with van der Waals surface area (Å²) in [6.45, 7) is 0.0340. The molecule has 0 aliphatic heterocycles. The number of carbonyl (C=O) groups excluding carboxylic acids is 1. The molecule has 0 saturated carbocycles. The molecule has 3 aromatic rings. The fourth-order valence-electron chi connectivity index (χ4n) is 2.01. The van der Waals surface area contributed by atoms with Crippen LogP contribution in [0.15, 0.2) is 52.8 Å². The Bertz CT molecular complexity index is 833. The molecule has 0 saturated heterocycles. The number of hydrogen-bond donors (Lipinski definition) is 0. The van der Waals surface area contributed by atoms with Crippen LogP contribution in [0.25, 0.3) is 10.1 Å². The highest BCUT2D eigenvalue weighted by Gasteiger charge is 2.09. The second-order valence-electron chi connectivity index (χ2n) is 4.38. The molecule has 0 radical (unpaired) electrons. The average Bonchev–Trinajstić information content (AvgIpc) is 2.92. The Hall–Kier alpha value is -1.91. The Morgan fingerprint density at radius 2 is 1.90 bits per heavy atom. The van der Waals surface area contributed by atoms with E-state index in [1.165, 1.54) is 15.9 Å². The Morgan fingerprint density at radius 3 is 2.65 bits per heavy atom. The first-order chi connectivity index (χ1) is 9.65. The van der Waals surface area contributed by atoms with Crippen molar-refractivity contribution >= 4 is 38.8 Å². The van der Waals surface area contributed by atoms with Gasteiger partial charge in [-0.3, -0.25) is 9.59 Å². The number of Topliss-reactive ketones (excluding diaryl/α,β-unsaturated/α-hetero) is 1. The minimum Gasteiger partial charge on any atom is -0.307 e. The Kier molecular flexibility index (Phi) is 3.42. The number of hydrogen-bond acceptors (Lipinski definition) is 3. The summed E-state index contributed by atoms with van der Waals surface area (Å²) in [5.41, 5.74) is 0.415. The number of pyridine rings is 1. The first-order valence-corrected chi connectivity index (χ1v) is 7.26. The number of benzene rings is 1. The van der Waals surface area contributed by atoms with Gasteiger partial charge in [0.15, 0.2) is 5.78 Å². The van der Waals surface area contributed by atoms with Gasteiger partial charge < -0.3 is 4.57 Å². The minimum absolute atomic E-state index is 0.0340. The van der Waals surface area contributed by atoms with Gasteiger partial charge in [-0.15, -0.1) is 11.3 Å². The summed E-state index contributed by atoms with van der Waals surface area (Å²) in [5, 5.41) is 3.11. The molecule has 20 heavy (non-hydrogen) atoms. The lowest BCUT2D eigenvalue weighted by Crippen LogP contribution is -2.23. The van der Waals surface area contributed by atoms with E-state index in [4.69, 9.17) is 11.6 Å². The van der Waals surface area contributed by atoms with Crippen LogP contribution in [0, 0.1) is 0 Å². The predicted octanol–water partition coefficient (Wildman–Crippen LogP) is 3.60. The average molecular weight is 304 g/mol. The van der Waals surface area contributed by atoms with E-state index in [0.717, 1.165) is 4.70 Å². The topological polar surface area (TPSA) is 39.1 Å². The fraction of sp³-hybridized carbons (Fsp3) is 0.0667. The monoisotopic (exact) mass is 303 g/mol. The number of carbonyl (C=O) groups is 1. The Labute approximate surface area is 124 Å². The molecular weight excluding hydrogens is 294 g/mol. The van der Waals surface area contributed by atoms with Gasteiger partial charge in [0.1, 0.15) is 0 Å². The molecule has 3 nitrogen and oxygen atoms in total. The van der Waals surface area contributed by atoms with Gasteiger partial charge in [-0.1, -0.05) is 11.6 Å². The number of rotatable bonds is 3. The molecule has 0 atom stereocenters. The summed E-state index contributed by atoms with van der Waals surface area (Å²) >= 11 is 7.30. The summed E-state index contributed by atoms with van der Waals surface area (Å²) in [4.78, 5) is 24.4. The van der Waals surface area contributed by atoms with Crippen molar-refractivity contribution in [1.82, 2.24) is 4.57 Å². The van der Waals surface area contributed by atoms with Crippen molar-refractivity contribution in [2.45, 2.75) is 6.54 Å². The Balaban J connectivity index is 1.93. The molecule has 0 unspecified atom stereocenters. The fourth-order valence-corrected chi connectivity index (χ4v) is 2.91. The largest absolute Gasteiger partial charge is 0.307 e. The number of nitrogens with zero attached hydrogens (tertiary/aromatic N) is 1. The van der Waals surface area contributed by atoms with Crippen LogP contribution in [0.1, 0.15) is 10.4 Å². The molecular formula is C15H10ClNO2S. The van der Waals surface area contributed by atoms with Crippen LogP contribution >= 0.6 is 22.9 Å². The highest BCUT2D eigenvalue weighted by Crippen LogP contribution is 2.16. The van der Waals surface area contributed by atoms with E-state index in [9.17, 15) is 9.59 Å². The van der Waals surface area contributed by atoms with Crippen LogP contribution < -0.4 is 5.56 Å². The number of thiophene rings is 1. The molecule has 100 valence electrons. The van der Waals surface area contributed by atoms with Crippen LogP contribution in [-0.2, 0) is 6.54 Å². The molecule has 0 spiro atoms. The van der Waals surface area contributed by atoms with E-state index >= 15 is 0 Å². The van der Waals surface area contributed by atoms with Crippen molar-refractivity contribution in [2.75, 3.05) is 0 Å². The van der Waals surface area contributed by atoms with Crippen molar-refractivity contribution in [3.8, 4) is 0 Å². The van der Waals surface area contributed by atoms with Crippen molar-refractivity contribution in [2.24, 2.45) is 0 Å². The third-order valence-corrected chi connectivity index (χ3v) is 4.21. The first-order valence-electron chi connectivity index (χ1n) is 6.00. The molecule has 1 aromatic carbocycles. The second kappa shape index (κ2) is 5.23. The van der Waals surface area contributed by atoms with Gasteiger partial charge in [-0.2, -0.15) is 0 Å². The van der Waals surface area contributed by atoms with Crippen molar-refractivity contribution in [1.29, 1.82) is 0 Å². The molecule has 2 aromatic heterocycles. The van der Waals surface area contributed by atoms with E-state index in [2.05, 4.69) is 0 Å². The summed E-state index contributed by atoms with van der Waals surface area (Å²) in [6.07, 6.45) is 1.66. The van der Waals surface area contributed by atoms with E-state index in [0.29, 0.717) is 16.0 Å². The molecule has 0 bridgehead atoms. The van der Waals surface area contributed by atoms with Gasteiger partial charge in [-0.25, -0.2) is 0 Å². The van der Waals surface area contributed by atoms with Gasteiger partial charge >= 0.3 is 0 Å². The van der Waals surface area contributed by atoms with Crippen molar-refractivity contribution < 1.29 is 4.79 Å². The van der Waals surface area contributed by atoms with Crippen LogP contribution in [0.5, 0.6) is 0 Å². The minimum atomic E-state index is -0.133. The molecule has 0 amide bonds. The maximum atomic E-state index is 12.2. The molecule has 0 aliphatic carbocycles. The van der Waals surface area contributed by atoms with Crippen LogP contribution in [0.3, 0.4) is 0 Å². The molecule has 0 fully saturated rings. The molecule has 3 rings (SSSR count). The van der Waals surface area contributed by atoms with Gasteiger partial charge in [0, 0.05) is 21.5 Å². The van der Waals surface area contributed by atoms with Crippen LogP contribution in [-0.4, -0.2) is 10.4 Å². The van der Waals surface area contributed by atoms with E-state index < -0.39 is 0 Å². The SMILES string of the molecule is O=C(Cn1ccc2sccc2c1=O)c1ccc(Cl)cc1. The first kappa shape index (κ1) is 13.1. The zero-order valence-electron chi connectivity index (χ0n) is 10.4. The van der Waals surface area contributed by atoms with E-state index in [1.54, 1.807) is 36.5 Å². The van der Waals surface area contributed by atoms with Gasteiger partial charge in [-0.05, 0) is 41.8 Å². The smallest absolute Gasteiger partial charge is 0.259 e. The molecule has 0 N–H and O–H groups in total. The summed E-state index contributed by atoms with van der Waals surface area (Å²) < 4.78 is 2.37. The van der Waals surface area contributed by atoms with Crippen LogP contribution in [0.2, 0.25) is 5.02 Å².